The Labute approximate surface area is 175 Å². The molecule has 0 aromatic rings. The van der Waals surface area contributed by atoms with Gasteiger partial charge in [-0.3, -0.25) is 9.59 Å². The van der Waals surface area contributed by atoms with Crippen LogP contribution in [-0.2, 0) is 14.3 Å². The van der Waals surface area contributed by atoms with Crippen LogP contribution < -0.4 is 5.32 Å². The summed E-state index contributed by atoms with van der Waals surface area (Å²) >= 11 is 0. The Hall–Kier alpha value is -1.79. The number of ether oxygens (including phenoxy) is 1. The van der Waals surface area contributed by atoms with Gasteiger partial charge in [-0.25, -0.2) is 4.79 Å². The summed E-state index contributed by atoms with van der Waals surface area (Å²) in [5.41, 5.74) is -0.550. The lowest BCUT2D eigenvalue weighted by Crippen LogP contribution is -2.39. The van der Waals surface area contributed by atoms with Crippen molar-refractivity contribution in [3.05, 3.63) is 0 Å². The molecule has 166 valence electrons. The average molecular weight is 410 g/mol. The first-order chi connectivity index (χ1) is 13.7. The van der Waals surface area contributed by atoms with E-state index in [1.54, 1.807) is 20.8 Å². The molecule has 0 atom stereocenters. The van der Waals surface area contributed by atoms with E-state index in [9.17, 15) is 14.4 Å². The van der Waals surface area contributed by atoms with E-state index in [4.69, 9.17) is 4.74 Å². The second-order valence-electron chi connectivity index (χ2n) is 9.34. The summed E-state index contributed by atoms with van der Waals surface area (Å²) in [6, 6.07) is 0. The van der Waals surface area contributed by atoms with Crippen LogP contribution >= 0.6 is 0 Å². The topological polar surface area (TPSA) is 79.0 Å². The maximum atomic E-state index is 12.6. The molecule has 2 aliphatic rings. The molecule has 2 fully saturated rings. The van der Waals surface area contributed by atoms with Crippen LogP contribution in [0.25, 0.3) is 0 Å². The highest BCUT2D eigenvalue weighted by molar-refractivity contribution is 5.78. The van der Waals surface area contributed by atoms with Crippen molar-refractivity contribution >= 4 is 17.9 Å². The van der Waals surface area contributed by atoms with Crippen LogP contribution in [-0.4, -0.2) is 66.0 Å². The first kappa shape index (κ1) is 23.5. The molecule has 29 heavy (non-hydrogen) atoms. The van der Waals surface area contributed by atoms with Gasteiger partial charge < -0.3 is 19.9 Å². The highest BCUT2D eigenvalue weighted by Crippen LogP contribution is 2.27. The lowest BCUT2D eigenvalue weighted by molar-refractivity contribution is -0.133. The first-order valence-electron chi connectivity index (χ1n) is 11.3. The molecule has 1 aliphatic carbocycles. The Morgan fingerprint density at radius 2 is 1.45 bits per heavy atom. The molecule has 0 spiro atoms. The van der Waals surface area contributed by atoms with Crippen LogP contribution in [0.3, 0.4) is 0 Å². The van der Waals surface area contributed by atoms with Gasteiger partial charge in [0.05, 0.1) is 0 Å². The number of hydrogen-bond donors (Lipinski definition) is 1. The quantitative estimate of drug-likeness (QED) is 0.730. The van der Waals surface area contributed by atoms with Crippen molar-refractivity contribution < 1.29 is 19.1 Å². The fraction of sp³-hybridized carbons (Fsp3) is 0.864. The summed E-state index contributed by atoms with van der Waals surface area (Å²) in [7, 11) is 0. The standard InChI is InChI=1S/C22H39N3O4/c1-22(2,3)29-21(28)23-13-12-20(27)25-15-7-14-24(16-17-25)19(26)11-10-18-8-5-4-6-9-18/h18H,4-17H2,1-3H3,(H,23,28). The molecule has 0 aromatic carbocycles. The predicted octanol–water partition coefficient (Wildman–Crippen LogP) is 3.32. The number of hydrogen-bond acceptors (Lipinski definition) is 4. The molecule has 0 bridgehead atoms. The van der Waals surface area contributed by atoms with Gasteiger partial charge in [0.25, 0.3) is 0 Å². The molecule has 1 aliphatic heterocycles. The molecule has 2 rings (SSSR count). The minimum absolute atomic E-state index is 0.0116. The van der Waals surface area contributed by atoms with E-state index in [1.165, 1.54) is 32.1 Å². The molecule has 0 radical (unpaired) electrons. The minimum Gasteiger partial charge on any atom is -0.444 e. The molecule has 1 N–H and O–H groups in total. The van der Waals surface area contributed by atoms with Gasteiger partial charge in [0, 0.05) is 45.6 Å². The molecule has 0 aromatic heterocycles. The SMILES string of the molecule is CC(C)(C)OC(=O)NCCC(=O)N1CCCN(C(=O)CCC2CCCCC2)CC1. The lowest BCUT2D eigenvalue weighted by Gasteiger charge is -2.25. The number of alkyl carbamates (subject to hydrolysis) is 1. The average Bonchev–Trinajstić information content (AvgIpc) is 2.92. The van der Waals surface area contributed by atoms with Crippen LogP contribution in [0.5, 0.6) is 0 Å². The van der Waals surface area contributed by atoms with Gasteiger partial charge in [0.15, 0.2) is 0 Å². The molecule has 0 unspecified atom stereocenters. The molecule has 7 heteroatoms. The van der Waals surface area contributed by atoms with Crippen molar-refractivity contribution in [2.45, 2.75) is 84.2 Å². The Morgan fingerprint density at radius 3 is 2.03 bits per heavy atom. The van der Waals surface area contributed by atoms with Crippen LogP contribution in [0.2, 0.25) is 0 Å². The Balaban J connectivity index is 1.66. The van der Waals surface area contributed by atoms with Gasteiger partial charge in [-0.2, -0.15) is 0 Å². The van der Waals surface area contributed by atoms with Crippen molar-refractivity contribution in [1.29, 1.82) is 0 Å². The number of amides is 3. The normalized spacial score (nSPS) is 18.9. The maximum Gasteiger partial charge on any atom is 0.407 e. The van der Waals surface area contributed by atoms with E-state index in [2.05, 4.69) is 5.32 Å². The zero-order chi connectivity index (χ0) is 21.3. The summed E-state index contributed by atoms with van der Waals surface area (Å²) in [6.45, 7) is 8.23. The van der Waals surface area contributed by atoms with E-state index in [0.717, 1.165) is 25.3 Å². The third-order valence-electron chi connectivity index (χ3n) is 5.70. The van der Waals surface area contributed by atoms with Gasteiger partial charge >= 0.3 is 6.09 Å². The van der Waals surface area contributed by atoms with Crippen molar-refractivity contribution in [2.75, 3.05) is 32.7 Å². The molecular formula is C22H39N3O4. The van der Waals surface area contributed by atoms with Crippen LogP contribution in [0.15, 0.2) is 0 Å². The molecule has 7 nitrogen and oxygen atoms in total. The van der Waals surface area contributed by atoms with E-state index in [1.807, 2.05) is 9.80 Å². The zero-order valence-electron chi connectivity index (χ0n) is 18.5. The van der Waals surface area contributed by atoms with Crippen molar-refractivity contribution in [1.82, 2.24) is 15.1 Å². The predicted molar refractivity (Wildman–Crippen MR) is 112 cm³/mol. The lowest BCUT2D eigenvalue weighted by atomic mass is 9.86. The first-order valence-corrected chi connectivity index (χ1v) is 11.3. The number of rotatable bonds is 6. The van der Waals surface area contributed by atoms with Crippen molar-refractivity contribution in [2.24, 2.45) is 5.92 Å². The molecule has 1 saturated heterocycles. The smallest absolute Gasteiger partial charge is 0.407 e. The second kappa shape index (κ2) is 11.4. The van der Waals surface area contributed by atoms with E-state index < -0.39 is 11.7 Å². The summed E-state index contributed by atoms with van der Waals surface area (Å²) < 4.78 is 5.17. The number of nitrogens with zero attached hydrogens (tertiary/aromatic N) is 2. The van der Waals surface area contributed by atoms with Gasteiger partial charge in [0.1, 0.15) is 5.60 Å². The van der Waals surface area contributed by atoms with Gasteiger partial charge in [-0.15, -0.1) is 0 Å². The van der Waals surface area contributed by atoms with E-state index >= 15 is 0 Å². The third kappa shape index (κ3) is 9.05. The number of nitrogens with one attached hydrogen (secondary N) is 1. The summed E-state index contributed by atoms with van der Waals surface area (Å²) in [5, 5.41) is 2.63. The Bertz CT molecular complexity index is 553. The van der Waals surface area contributed by atoms with Gasteiger partial charge in [0.2, 0.25) is 11.8 Å². The highest BCUT2D eigenvalue weighted by atomic mass is 16.6. The minimum atomic E-state index is -0.550. The van der Waals surface area contributed by atoms with Crippen LogP contribution in [0, 0.1) is 5.92 Å². The van der Waals surface area contributed by atoms with Crippen molar-refractivity contribution in [3.63, 3.8) is 0 Å². The van der Waals surface area contributed by atoms with E-state index in [-0.39, 0.29) is 24.8 Å². The Kier molecular flexibility index (Phi) is 9.24. The summed E-state index contributed by atoms with van der Waals surface area (Å²) in [4.78, 5) is 40.4. The zero-order valence-corrected chi connectivity index (χ0v) is 18.5. The second-order valence-corrected chi connectivity index (χ2v) is 9.34. The Morgan fingerprint density at radius 1 is 0.862 bits per heavy atom. The largest absolute Gasteiger partial charge is 0.444 e. The fourth-order valence-electron chi connectivity index (χ4n) is 4.12. The van der Waals surface area contributed by atoms with E-state index in [0.29, 0.717) is 26.1 Å². The monoisotopic (exact) mass is 409 g/mol. The summed E-state index contributed by atoms with van der Waals surface area (Å²) in [6.07, 6.45) is 8.69. The summed E-state index contributed by atoms with van der Waals surface area (Å²) in [5.74, 6) is 0.962. The van der Waals surface area contributed by atoms with Gasteiger partial charge in [-0.05, 0) is 39.5 Å². The fourth-order valence-corrected chi connectivity index (χ4v) is 4.12. The molecule has 1 saturated carbocycles. The van der Waals surface area contributed by atoms with Crippen LogP contribution in [0.4, 0.5) is 4.79 Å². The molecule has 1 heterocycles. The molecular weight excluding hydrogens is 370 g/mol. The van der Waals surface area contributed by atoms with Crippen molar-refractivity contribution in [3.8, 4) is 0 Å². The molecule has 3 amide bonds. The highest BCUT2D eigenvalue weighted by Gasteiger charge is 2.23. The van der Waals surface area contributed by atoms with Crippen LogP contribution in [0.1, 0.15) is 78.6 Å². The number of carbonyl (C=O) groups is 3. The third-order valence-corrected chi connectivity index (χ3v) is 5.70. The van der Waals surface area contributed by atoms with Gasteiger partial charge in [-0.1, -0.05) is 32.1 Å². The number of carbonyl (C=O) groups excluding carboxylic acids is 3. The maximum absolute atomic E-state index is 12.6.